The number of hydrogen-bond acceptors (Lipinski definition) is 7. The SMILES string of the molecule is C[C@@H]1C=CC[C@H]2C(=O)N(N(Cc3ccccc3[N+](=O)[O-])C(=O)c3cccc([N+](=O)[O-])c3)C(=O)[C@@H]12. The highest BCUT2D eigenvalue weighted by molar-refractivity contribution is 6.08. The van der Waals surface area contributed by atoms with Crippen LogP contribution in [0.15, 0.2) is 60.7 Å². The maximum atomic E-state index is 13.5. The van der Waals surface area contributed by atoms with Gasteiger partial charge in [0.25, 0.3) is 29.1 Å². The van der Waals surface area contributed by atoms with Crippen LogP contribution in [0, 0.1) is 38.0 Å². The van der Waals surface area contributed by atoms with Crippen molar-refractivity contribution >= 4 is 29.1 Å². The molecule has 0 radical (unpaired) electrons. The molecule has 3 atom stereocenters. The average Bonchev–Trinajstić information content (AvgIpc) is 3.08. The molecule has 1 aliphatic carbocycles. The number of hydrazine groups is 1. The Kier molecular flexibility index (Phi) is 5.93. The van der Waals surface area contributed by atoms with E-state index in [4.69, 9.17) is 0 Å². The third kappa shape index (κ3) is 3.91. The minimum atomic E-state index is -0.859. The number of benzene rings is 2. The standard InChI is InChI=1S/C23H20N4O7/c1-14-6-4-10-18-20(14)23(30)25(22(18)29)24(13-16-7-2-3-11-19(16)27(33)34)21(28)15-8-5-9-17(12-15)26(31)32/h2-9,11-12,14,18,20H,10,13H2,1H3/t14-,18-,20+/m1/s1. The van der Waals surface area contributed by atoms with E-state index >= 15 is 0 Å². The van der Waals surface area contributed by atoms with E-state index in [9.17, 15) is 34.6 Å². The Morgan fingerprint density at radius 2 is 1.79 bits per heavy atom. The molecule has 11 heteroatoms. The lowest BCUT2D eigenvalue weighted by Gasteiger charge is -2.30. The molecule has 1 saturated heterocycles. The van der Waals surface area contributed by atoms with Gasteiger partial charge in [-0.1, -0.05) is 43.3 Å². The van der Waals surface area contributed by atoms with Gasteiger partial charge in [-0.3, -0.25) is 34.6 Å². The molecule has 0 spiro atoms. The molecule has 34 heavy (non-hydrogen) atoms. The van der Waals surface area contributed by atoms with Crippen molar-refractivity contribution in [2.75, 3.05) is 0 Å². The lowest BCUT2D eigenvalue weighted by atomic mass is 9.78. The first-order valence-corrected chi connectivity index (χ1v) is 10.5. The molecule has 4 rings (SSSR count). The summed E-state index contributed by atoms with van der Waals surface area (Å²) in [6.07, 6.45) is 3.99. The predicted octanol–water partition coefficient (Wildman–Crippen LogP) is 3.26. The third-order valence-corrected chi connectivity index (χ3v) is 6.14. The Morgan fingerprint density at radius 1 is 1.06 bits per heavy atom. The maximum absolute atomic E-state index is 13.5. The van der Waals surface area contributed by atoms with Gasteiger partial charge in [-0.2, -0.15) is 5.01 Å². The van der Waals surface area contributed by atoms with Crippen molar-refractivity contribution in [2.45, 2.75) is 19.9 Å². The molecule has 2 aromatic rings. The quantitative estimate of drug-likeness (QED) is 0.276. The highest BCUT2D eigenvalue weighted by Gasteiger charge is 2.53. The molecule has 3 amide bonds. The molecule has 1 aliphatic heterocycles. The number of amides is 3. The first-order valence-electron chi connectivity index (χ1n) is 10.5. The first kappa shape index (κ1) is 22.8. The second kappa shape index (κ2) is 8.85. The lowest BCUT2D eigenvalue weighted by molar-refractivity contribution is -0.385. The number of nitro benzene ring substituents is 2. The monoisotopic (exact) mass is 464 g/mol. The van der Waals surface area contributed by atoms with E-state index in [1.54, 1.807) is 6.92 Å². The Hall–Kier alpha value is -4.41. The Bertz CT molecular complexity index is 1240. The third-order valence-electron chi connectivity index (χ3n) is 6.14. The number of fused-ring (bicyclic) bond motifs is 1. The van der Waals surface area contributed by atoms with Crippen LogP contribution in [0.4, 0.5) is 11.4 Å². The Morgan fingerprint density at radius 3 is 2.47 bits per heavy atom. The van der Waals surface area contributed by atoms with Gasteiger partial charge in [0, 0.05) is 23.8 Å². The van der Waals surface area contributed by atoms with Crippen LogP contribution < -0.4 is 0 Å². The van der Waals surface area contributed by atoms with Gasteiger partial charge in [0.2, 0.25) is 0 Å². The zero-order chi connectivity index (χ0) is 24.6. The van der Waals surface area contributed by atoms with E-state index in [1.807, 2.05) is 12.2 Å². The molecule has 174 valence electrons. The van der Waals surface area contributed by atoms with E-state index in [0.29, 0.717) is 6.42 Å². The summed E-state index contributed by atoms with van der Waals surface area (Å²) in [5.41, 5.74) is -0.657. The smallest absolute Gasteiger partial charge is 0.272 e. The van der Waals surface area contributed by atoms with Crippen molar-refractivity contribution in [2.24, 2.45) is 17.8 Å². The molecule has 0 saturated carbocycles. The number of imide groups is 1. The number of para-hydroxylation sites is 1. The summed E-state index contributed by atoms with van der Waals surface area (Å²) in [5.74, 6) is -3.57. The Balaban J connectivity index is 1.79. The van der Waals surface area contributed by atoms with Crippen LogP contribution in [0.25, 0.3) is 0 Å². The summed E-state index contributed by atoms with van der Waals surface area (Å²) in [7, 11) is 0. The fourth-order valence-electron chi connectivity index (χ4n) is 4.49. The van der Waals surface area contributed by atoms with Crippen LogP contribution in [0.2, 0.25) is 0 Å². The van der Waals surface area contributed by atoms with E-state index in [0.717, 1.165) is 16.1 Å². The van der Waals surface area contributed by atoms with E-state index in [1.165, 1.54) is 42.5 Å². The van der Waals surface area contributed by atoms with Crippen LogP contribution >= 0.6 is 0 Å². The van der Waals surface area contributed by atoms with Gasteiger partial charge >= 0.3 is 0 Å². The number of carbonyl (C=O) groups excluding carboxylic acids is 3. The van der Waals surface area contributed by atoms with E-state index in [2.05, 4.69) is 0 Å². The molecule has 1 fully saturated rings. The number of hydrogen-bond donors (Lipinski definition) is 0. The van der Waals surface area contributed by atoms with Crippen molar-refractivity contribution < 1.29 is 24.2 Å². The van der Waals surface area contributed by atoms with Gasteiger partial charge in [-0.15, -0.1) is 0 Å². The Labute approximate surface area is 193 Å². The number of allylic oxidation sites excluding steroid dienone is 2. The van der Waals surface area contributed by atoms with Crippen molar-refractivity contribution in [3.8, 4) is 0 Å². The highest BCUT2D eigenvalue weighted by atomic mass is 16.6. The van der Waals surface area contributed by atoms with Crippen molar-refractivity contribution in [1.82, 2.24) is 10.0 Å². The minimum absolute atomic E-state index is 0.105. The molecular formula is C23H20N4O7. The maximum Gasteiger partial charge on any atom is 0.274 e. The van der Waals surface area contributed by atoms with Gasteiger partial charge in [-0.05, 0) is 18.4 Å². The van der Waals surface area contributed by atoms with Gasteiger partial charge in [0.15, 0.2) is 0 Å². The van der Waals surface area contributed by atoms with Crippen molar-refractivity contribution in [3.63, 3.8) is 0 Å². The summed E-state index contributed by atoms with van der Waals surface area (Å²) in [4.78, 5) is 61.6. The number of nitro groups is 2. The summed E-state index contributed by atoms with van der Waals surface area (Å²) in [6, 6.07) is 10.6. The topological polar surface area (TPSA) is 144 Å². The first-order chi connectivity index (χ1) is 16.2. The van der Waals surface area contributed by atoms with Crippen LogP contribution in [0.3, 0.4) is 0 Å². The molecular weight excluding hydrogens is 444 g/mol. The average molecular weight is 464 g/mol. The van der Waals surface area contributed by atoms with Gasteiger partial charge in [-0.25, -0.2) is 5.01 Å². The van der Waals surface area contributed by atoms with Crippen LogP contribution in [-0.2, 0) is 16.1 Å². The largest absolute Gasteiger partial charge is 0.274 e. The molecule has 0 aromatic heterocycles. The lowest BCUT2D eigenvalue weighted by Crippen LogP contribution is -2.50. The molecule has 0 unspecified atom stereocenters. The second-order valence-electron chi connectivity index (χ2n) is 8.20. The van der Waals surface area contributed by atoms with Crippen LogP contribution in [0.1, 0.15) is 29.3 Å². The van der Waals surface area contributed by atoms with Gasteiger partial charge in [0.05, 0.1) is 33.8 Å². The molecule has 1 heterocycles. The van der Waals surface area contributed by atoms with Gasteiger partial charge < -0.3 is 0 Å². The van der Waals surface area contributed by atoms with Crippen molar-refractivity contribution in [1.29, 1.82) is 0 Å². The summed E-state index contributed by atoms with van der Waals surface area (Å²) in [6.45, 7) is 1.36. The minimum Gasteiger partial charge on any atom is -0.272 e. The molecule has 11 nitrogen and oxygen atoms in total. The predicted molar refractivity (Wildman–Crippen MR) is 118 cm³/mol. The van der Waals surface area contributed by atoms with E-state index < -0.39 is 45.9 Å². The molecule has 2 aliphatic rings. The summed E-state index contributed by atoms with van der Waals surface area (Å²) in [5, 5.41) is 24.4. The second-order valence-corrected chi connectivity index (χ2v) is 8.20. The molecule has 0 N–H and O–H groups in total. The number of non-ortho nitro benzene ring substituents is 1. The zero-order valence-electron chi connectivity index (χ0n) is 18.1. The molecule has 2 aromatic carbocycles. The number of rotatable bonds is 6. The normalized spacial score (nSPS) is 21.3. The fourth-order valence-corrected chi connectivity index (χ4v) is 4.49. The zero-order valence-corrected chi connectivity index (χ0v) is 18.1. The molecule has 0 bridgehead atoms. The summed E-state index contributed by atoms with van der Waals surface area (Å²) >= 11 is 0. The highest BCUT2D eigenvalue weighted by Crippen LogP contribution is 2.40. The number of nitrogens with zero attached hydrogens (tertiary/aromatic N) is 4. The summed E-state index contributed by atoms with van der Waals surface area (Å²) < 4.78 is 0. The van der Waals surface area contributed by atoms with Crippen LogP contribution in [-0.4, -0.2) is 37.6 Å². The van der Waals surface area contributed by atoms with Crippen LogP contribution in [0.5, 0.6) is 0 Å². The van der Waals surface area contributed by atoms with E-state index in [-0.39, 0.29) is 28.4 Å². The van der Waals surface area contributed by atoms with Crippen molar-refractivity contribution in [3.05, 3.63) is 92.0 Å². The number of carbonyl (C=O) groups is 3. The fraction of sp³-hybridized carbons (Fsp3) is 0.261. The van der Waals surface area contributed by atoms with Gasteiger partial charge in [0.1, 0.15) is 0 Å².